The molecule has 4 fully saturated rings. The molecule has 4 aliphatic rings. The smallest absolute Gasteiger partial charge is 0.119 e. The van der Waals surface area contributed by atoms with Gasteiger partial charge in [0.15, 0.2) is 0 Å². The van der Waals surface area contributed by atoms with Crippen LogP contribution in [0, 0.1) is 16.7 Å². The minimum absolute atomic E-state index is 0.270. The summed E-state index contributed by atoms with van der Waals surface area (Å²) >= 11 is 0. The van der Waals surface area contributed by atoms with Crippen LogP contribution in [0.25, 0.3) is 0 Å². The molecule has 172 valence electrons. The summed E-state index contributed by atoms with van der Waals surface area (Å²) in [6, 6.07) is 16.5. The van der Waals surface area contributed by atoms with Crippen molar-refractivity contribution in [3.63, 3.8) is 0 Å². The van der Waals surface area contributed by atoms with Gasteiger partial charge in [-0.1, -0.05) is 26.0 Å². The number of nitrogens with one attached hydrogen (secondary N) is 1. The van der Waals surface area contributed by atoms with Crippen LogP contribution in [0.1, 0.15) is 57.9 Å². The Bertz CT molecular complexity index is 920. The Morgan fingerprint density at radius 1 is 0.906 bits per heavy atom. The van der Waals surface area contributed by atoms with E-state index >= 15 is 0 Å². The molecule has 0 spiro atoms. The van der Waals surface area contributed by atoms with Crippen LogP contribution in [0.3, 0.4) is 0 Å². The van der Waals surface area contributed by atoms with Crippen LogP contribution in [-0.4, -0.2) is 31.5 Å². The van der Waals surface area contributed by atoms with E-state index in [2.05, 4.69) is 43.4 Å². The Morgan fingerprint density at radius 3 is 2.12 bits per heavy atom. The van der Waals surface area contributed by atoms with Crippen molar-refractivity contribution < 1.29 is 14.6 Å². The maximum absolute atomic E-state index is 10.3. The second kappa shape index (κ2) is 7.98. The molecule has 6 rings (SSSR count). The highest BCUT2D eigenvalue weighted by atomic mass is 16.5. The highest BCUT2D eigenvalue weighted by Gasteiger charge is 2.60. The standard InChI is InChI=1S/C28H37NO3/c1-26-12-20-13-27(2,17-26)19-28(14-20,18-26)21-4-8-25(9-5-21)32-16-23(30)15-29-22-6-10-24(31-3)11-7-22/h4-11,20,23,29-30H,12-19H2,1-3H3/t20?,23?,26-,27+,28?. The summed E-state index contributed by atoms with van der Waals surface area (Å²) in [6.45, 7) is 5.77. The molecule has 32 heavy (non-hydrogen) atoms. The fourth-order valence-electron chi connectivity index (χ4n) is 7.87. The van der Waals surface area contributed by atoms with Gasteiger partial charge in [0, 0.05) is 12.2 Å². The first-order valence-corrected chi connectivity index (χ1v) is 12.1. The maximum Gasteiger partial charge on any atom is 0.119 e. The minimum Gasteiger partial charge on any atom is -0.497 e. The number of anilines is 1. The van der Waals surface area contributed by atoms with Crippen molar-refractivity contribution in [2.24, 2.45) is 16.7 Å². The molecule has 2 N–H and O–H groups in total. The fraction of sp³-hybridized carbons (Fsp3) is 0.571. The van der Waals surface area contributed by atoms with E-state index in [1.807, 2.05) is 24.3 Å². The molecule has 0 radical (unpaired) electrons. The molecule has 4 saturated carbocycles. The van der Waals surface area contributed by atoms with Crippen molar-refractivity contribution in [3.05, 3.63) is 54.1 Å². The number of methoxy groups -OCH3 is 1. The number of aliphatic hydroxyl groups excluding tert-OH is 1. The molecule has 5 atom stereocenters. The quantitative estimate of drug-likeness (QED) is 0.551. The van der Waals surface area contributed by atoms with Gasteiger partial charge in [0.25, 0.3) is 0 Å². The monoisotopic (exact) mass is 435 g/mol. The van der Waals surface area contributed by atoms with Gasteiger partial charge in [-0.3, -0.25) is 0 Å². The van der Waals surface area contributed by atoms with Gasteiger partial charge < -0.3 is 19.9 Å². The van der Waals surface area contributed by atoms with E-state index in [0.717, 1.165) is 23.1 Å². The molecule has 0 aliphatic heterocycles. The largest absolute Gasteiger partial charge is 0.497 e. The normalized spacial score (nSPS) is 33.7. The van der Waals surface area contributed by atoms with E-state index in [4.69, 9.17) is 9.47 Å². The summed E-state index contributed by atoms with van der Waals surface area (Å²) in [5.41, 5.74) is 3.83. The van der Waals surface area contributed by atoms with Gasteiger partial charge in [0.2, 0.25) is 0 Å². The van der Waals surface area contributed by atoms with Crippen LogP contribution < -0.4 is 14.8 Å². The Kier molecular flexibility index (Phi) is 5.40. The van der Waals surface area contributed by atoms with E-state index in [1.54, 1.807) is 7.11 Å². The lowest BCUT2D eigenvalue weighted by Crippen LogP contribution is -2.56. The van der Waals surface area contributed by atoms with Crippen molar-refractivity contribution in [1.82, 2.24) is 0 Å². The van der Waals surface area contributed by atoms with E-state index in [1.165, 1.54) is 44.1 Å². The number of benzene rings is 2. The Hall–Kier alpha value is -2.20. The molecule has 2 aromatic rings. The van der Waals surface area contributed by atoms with Crippen LogP contribution in [0.4, 0.5) is 5.69 Å². The summed E-state index contributed by atoms with van der Waals surface area (Å²) in [5.74, 6) is 2.55. The first-order chi connectivity index (χ1) is 15.3. The average Bonchev–Trinajstić information content (AvgIpc) is 2.74. The lowest BCUT2D eigenvalue weighted by atomic mass is 9.39. The van der Waals surface area contributed by atoms with Crippen molar-refractivity contribution in [1.29, 1.82) is 0 Å². The second-order valence-corrected chi connectivity index (χ2v) is 11.5. The predicted molar refractivity (Wildman–Crippen MR) is 129 cm³/mol. The first-order valence-electron chi connectivity index (χ1n) is 12.1. The van der Waals surface area contributed by atoms with Gasteiger partial charge >= 0.3 is 0 Å². The lowest BCUT2D eigenvalue weighted by molar-refractivity contribution is -0.110. The van der Waals surface area contributed by atoms with Crippen LogP contribution in [0.5, 0.6) is 11.5 Å². The third kappa shape index (κ3) is 4.22. The van der Waals surface area contributed by atoms with Gasteiger partial charge in [-0.15, -0.1) is 0 Å². The zero-order chi connectivity index (χ0) is 22.4. The molecule has 3 unspecified atom stereocenters. The lowest BCUT2D eigenvalue weighted by Gasteiger charge is -2.65. The van der Waals surface area contributed by atoms with Crippen molar-refractivity contribution in [3.8, 4) is 11.5 Å². The van der Waals surface area contributed by atoms with E-state index in [-0.39, 0.29) is 6.61 Å². The van der Waals surface area contributed by atoms with Gasteiger partial charge in [0.05, 0.1) is 7.11 Å². The van der Waals surface area contributed by atoms with E-state index in [9.17, 15) is 5.11 Å². The second-order valence-electron chi connectivity index (χ2n) is 11.5. The van der Waals surface area contributed by atoms with Gasteiger partial charge in [0.1, 0.15) is 24.2 Å². The Labute approximate surface area is 192 Å². The molecule has 0 aromatic heterocycles. The molecule has 4 aliphatic carbocycles. The average molecular weight is 436 g/mol. The molecule has 2 aromatic carbocycles. The third-order valence-corrected chi connectivity index (χ3v) is 8.17. The zero-order valence-corrected chi connectivity index (χ0v) is 19.7. The SMILES string of the molecule is COc1ccc(NCC(O)COc2ccc(C34CC5C[C@@](C)(C3)C[C@](C)(C5)C4)cc2)cc1. The summed E-state index contributed by atoms with van der Waals surface area (Å²) in [5, 5.41) is 13.6. The van der Waals surface area contributed by atoms with E-state index < -0.39 is 6.10 Å². The molecule has 0 saturated heterocycles. The molecule has 0 heterocycles. The predicted octanol–water partition coefficient (Wildman–Crippen LogP) is 5.80. The molecular formula is C28H37NO3. The van der Waals surface area contributed by atoms with Crippen LogP contribution in [0.2, 0.25) is 0 Å². The Balaban J connectivity index is 1.17. The summed E-state index contributed by atoms with van der Waals surface area (Å²) in [6.07, 6.45) is 7.70. The zero-order valence-electron chi connectivity index (χ0n) is 19.7. The van der Waals surface area contributed by atoms with Crippen LogP contribution >= 0.6 is 0 Å². The summed E-state index contributed by atoms with van der Waals surface area (Å²) < 4.78 is 11.1. The van der Waals surface area contributed by atoms with E-state index in [0.29, 0.717) is 22.8 Å². The fourth-order valence-corrected chi connectivity index (χ4v) is 7.87. The van der Waals surface area contributed by atoms with Crippen molar-refractivity contribution >= 4 is 5.69 Å². The maximum atomic E-state index is 10.3. The van der Waals surface area contributed by atoms with Gasteiger partial charge in [-0.05, 0) is 103 Å². The topological polar surface area (TPSA) is 50.7 Å². The summed E-state index contributed by atoms with van der Waals surface area (Å²) in [7, 11) is 1.65. The number of aliphatic hydroxyl groups is 1. The number of hydrogen-bond acceptors (Lipinski definition) is 4. The van der Waals surface area contributed by atoms with Crippen LogP contribution in [-0.2, 0) is 5.41 Å². The highest BCUT2D eigenvalue weighted by Crippen LogP contribution is 2.69. The third-order valence-electron chi connectivity index (χ3n) is 8.17. The van der Waals surface area contributed by atoms with Crippen molar-refractivity contribution in [2.75, 3.05) is 25.6 Å². The molecule has 4 nitrogen and oxygen atoms in total. The molecular weight excluding hydrogens is 398 g/mol. The number of rotatable bonds is 8. The first kappa shape index (κ1) is 21.6. The Morgan fingerprint density at radius 2 is 1.53 bits per heavy atom. The number of ether oxygens (including phenoxy) is 2. The van der Waals surface area contributed by atoms with Crippen molar-refractivity contribution in [2.45, 2.75) is 63.9 Å². The van der Waals surface area contributed by atoms with Gasteiger partial charge in [-0.2, -0.15) is 0 Å². The summed E-state index contributed by atoms with van der Waals surface area (Å²) in [4.78, 5) is 0. The van der Waals surface area contributed by atoms with Gasteiger partial charge in [-0.25, -0.2) is 0 Å². The molecule has 0 amide bonds. The molecule has 4 bridgehead atoms. The minimum atomic E-state index is -0.583. The molecule has 4 heteroatoms. The van der Waals surface area contributed by atoms with Crippen LogP contribution in [0.15, 0.2) is 48.5 Å². The number of hydrogen-bond donors (Lipinski definition) is 2. The highest BCUT2D eigenvalue weighted by molar-refractivity contribution is 5.46.